The number of ether oxygens (including phenoxy) is 1. The van der Waals surface area contributed by atoms with Gasteiger partial charge in [0.1, 0.15) is 6.54 Å². The maximum atomic E-state index is 11.4. The number of carboxylic acid groups (broad SMARTS) is 1. The lowest BCUT2D eigenvalue weighted by molar-refractivity contribution is -0.138. The summed E-state index contributed by atoms with van der Waals surface area (Å²) in [5.74, 6) is -0.867. The van der Waals surface area contributed by atoms with Crippen molar-refractivity contribution in [2.24, 2.45) is 5.92 Å². The van der Waals surface area contributed by atoms with Gasteiger partial charge >= 0.3 is 5.97 Å². The molecule has 0 aromatic rings. The van der Waals surface area contributed by atoms with Gasteiger partial charge in [0.25, 0.3) is 0 Å². The van der Waals surface area contributed by atoms with E-state index in [1.807, 2.05) is 4.90 Å². The average Bonchev–Trinajstić information content (AvgIpc) is 2.22. The molecule has 0 heterocycles. The molecular weight excluding hydrogens is 260 g/mol. The van der Waals surface area contributed by atoms with Crippen molar-refractivity contribution in [3.63, 3.8) is 0 Å². The van der Waals surface area contributed by atoms with Crippen molar-refractivity contribution in [3.05, 3.63) is 0 Å². The molecular formula is C11H23ClN2O4. The lowest BCUT2D eigenvalue weighted by Gasteiger charge is -2.23. The first-order valence-electron chi connectivity index (χ1n) is 5.65. The van der Waals surface area contributed by atoms with Crippen LogP contribution in [0.1, 0.15) is 13.8 Å². The number of methoxy groups -OCH3 is 1. The van der Waals surface area contributed by atoms with Crippen molar-refractivity contribution in [3.8, 4) is 0 Å². The van der Waals surface area contributed by atoms with Crippen LogP contribution >= 0.6 is 12.4 Å². The van der Waals surface area contributed by atoms with Crippen LogP contribution in [-0.2, 0) is 14.3 Å². The first kappa shape index (κ1) is 19.5. The molecule has 0 saturated carbocycles. The van der Waals surface area contributed by atoms with E-state index in [1.54, 1.807) is 7.11 Å². The number of rotatable bonds is 9. The Bertz CT molecular complexity index is 249. The predicted octanol–water partition coefficient (Wildman–Crippen LogP) is 0.213. The number of carbonyl (C=O) groups is 2. The minimum atomic E-state index is -1.04. The number of aliphatic carboxylic acids is 1. The average molecular weight is 283 g/mol. The van der Waals surface area contributed by atoms with Crippen LogP contribution in [-0.4, -0.2) is 61.8 Å². The van der Waals surface area contributed by atoms with E-state index in [0.29, 0.717) is 19.1 Å². The van der Waals surface area contributed by atoms with Crippen molar-refractivity contribution in [1.82, 2.24) is 10.2 Å². The summed E-state index contributed by atoms with van der Waals surface area (Å²) in [6.07, 6.45) is 0. The van der Waals surface area contributed by atoms with Crippen LogP contribution in [0.4, 0.5) is 0 Å². The molecule has 0 radical (unpaired) electrons. The fourth-order valence-corrected chi connectivity index (χ4v) is 1.40. The summed E-state index contributed by atoms with van der Waals surface area (Å²) in [4.78, 5) is 23.7. The second-order valence-electron chi connectivity index (χ2n) is 4.29. The summed E-state index contributed by atoms with van der Waals surface area (Å²) >= 11 is 0. The van der Waals surface area contributed by atoms with Crippen LogP contribution in [0.25, 0.3) is 0 Å². The van der Waals surface area contributed by atoms with E-state index in [-0.39, 0.29) is 31.4 Å². The standard InChI is InChI=1S/C11H22N2O4.ClH/c1-9(2)7-13(4-5-17-3)8-10(14)12-6-11(15)16;/h9H,4-8H2,1-3H3,(H,12,14)(H,15,16);1H. The third-order valence-electron chi connectivity index (χ3n) is 2.04. The van der Waals surface area contributed by atoms with E-state index < -0.39 is 5.97 Å². The molecule has 108 valence electrons. The number of halogens is 1. The summed E-state index contributed by atoms with van der Waals surface area (Å²) in [5.41, 5.74) is 0. The van der Waals surface area contributed by atoms with Crippen molar-refractivity contribution >= 4 is 24.3 Å². The van der Waals surface area contributed by atoms with Crippen molar-refractivity contribution in [1.29, 1.82) is 0 Å². The Labute approximate surface area is 114 Å². The lowest BCUT2D eigenvalue weighted by Crippen LogP contribution is -2.41. The third-order valence-corrected chi connectivity index (χ3v) is 2.04. The van der Waals surface area contributed by atoms with E-state index in [0.717, 1.165) is 6.54 Å². The van der Waals surface area contributed by atoms with Gasteiger partial charge in [-0.3, -0.25) is 14.5 Å². The molecule has 0 spiro atoms. The van der Waals surface area contributed by atoms with Crippen LogP contribution in [0.2, 0.25) is 0 Å². The highest BCUT2D eigenvalue weighted by Gasteiger charge is 2.12. The monoisotopic (exact) mass is 282 g/mol. The minimum Gasteiger partial charge on any atom is -0.480 e. The van der Waals surface area contributed by atoms with Gasteiger partial charge in [-0.25, -0.2) is 0 Å². The van der Waals surface area contributed by atoms with Gasteiger partial charge in [0.05, 0.1) is 13.2 Å². The highest BCUT2D eigenvalue weighted by Crippen LogP contribution is 1.98. The minimum absolute atomic E-state index is 0. The molecule has 6 nitrogen and oxygen atoms in total. The number of nitrogens with zero attached hydrogens (tertiary/aromatic N) is 1. The second-order valence-corrected chi connectivity index (χ2v) is 4.29. The smallest absolute Gasteiger partial charge is 0.322 e. The Morgan fingerprint density at radius 2 is 2.00 bits per heavy atom. The maximum absolute atomic E-state index is 11.4. The molecule has 0 unspecified atom stereocenters. The molecule has 2 N–H and O–H groups in total. The molecule has 0 rings (SSSR count). The summed E-state index contributed by atoms with van der Waals surface area (Å²) in [6.45, 7) is 6.00. The van der Waals surface area contributed by atoms with Crippen molar-refractivity contribution < 1.29 is 19.4 Å². The van der Waals surface area contributed by atoms with E-state index in [4.69, 9.17) is 9.84 Å². The van der Waals surface area contributed by atoms with Gasteiger partial charge in [-0.1, -0.05) is 13.8 Å². The predicted molar refractivity (Wildman–Crippen MR) is 71.0 cm³/mol. The number of carboxylic acids is 1. The molecule has 7 heteroatoms. The van der Waals surface area contributed by atoms with Gasteiger partial charge in [-0.05, 0) is 5.92 Å². The van der Waals surface area contributed by atoms with Gasteiger partial charge in [0, 0.05) is 20.2 Å². The summed E-state index contributed by atoms with van der Waals surface area (Å²) in [5, 5.41) is 10.8. The van der Waals surface area contributed by atoms with Crippen molar-refractivity contribution in [2.45, 2.75) is 13.8 Å². The van der Waals surface area contributed by atoms with Gasteiger partial charge in [0.15, 0.2) is 0 Å². The number of amides is 1. The molecule has 0 bridgehead atoms. The number of hydrogen-bond donors (Lipinski definition) is 2. The van der Waals surface area contributed by atoms with E-state index in [2.05, 4.69) is 19.2 Å². The zero-order valence-electron chi connectivity index (χ0n) is 11.1. The fraction of sp³-hybridized carbons (Fsp3) is 0.818. The van der Waals surface area contributed by atoms with Gasteiger partial charge in [-0.15, -0.1) is 12.4 Å². The molecule has 0 saturated heterocycles. The SMILES string of the molecule is COCCN(CC(=O)NCC(=O)O)CC(C)C.Cl. The Kier molecular flexibility index (Phi) is 12.2. The second kappa shape index (κ2) is 11.3. The summed E-state index contributed by atoms with van der Waals surface area (Å²) in [6, 6.07) is 0. The van der Waals surface area contributed by atoms with Crippen LogP contribution < -0.4 is 5.32 Å². The van der Waals surface area contributed by atoms with Crippen LogP contribution in [0.3, 0.4) is 0 Å². The zero-order chi connectivity index (χ0) is 13.3. The first-order valence-corrected chi connectivity index (χ1v) is 5.65. The summed E-state index contributed by atoms with van der Waals surface area (Å²) in [7, 11) is 1.61. The molecule has 0 aromatic heterocycles. The quantitative estimate of drug-likeness (QED) is 0.632. The summed E-state index contributed by atoms with van der Waals surface area (Å²) < 4.78 is 4.97. The topological polar surface area (TPSA) is 78.9 Å². The largest absolute Gasteiger partial charge is 0.480 e. The number of nitrogens with one attached hydrogen (secondary N) is 1. The van der Waals surface area contributed by atoms with E-state index >= 15 is 0 Å². The number of hydrogen-bond acceptors (Lipinski definition) is 4. The molecule has 0 aliphatic rings. The molecule has 0 atom stereocenters. The van der Waals surface area contributed by atoms with Gasteiger partial charge < -0.3 is 15.2 Å². The van der Waals surface area contributed by atoms with Crippen LogP contribution in [0.15, 0.2) is 0 Å². The normalized spacial score (nSPS) is 10.3. The van der Waals surface area contributed by atoms with Gasteiger partial charge in [-0.2, -0.15) is 0 Å². The Morgan fingerprint density at radius 3 is 2.44 bits per heavy atom. The zero-order valence-corrected chi connectivity index (χ0v) is 12.0. The molecule has 1 amide bonds. The highest BCUT2D eigenvalue weighted by atomic mass is 35.5. The fourth-order valence-electron chi connectivity index (χ4n) is 1.40. The molecule has 0 aliphatic heterocycles. The Balaban J connectivity index is 0. The van der Waals surface area contributed by atoms with E-state index in [1.165, 1.54) is 0 Å². The lowest BCUT2D eigenvalue weighted by atomic mass is 10.2. The molecule has 0 aliphatic carbocycles. The number of carbonyl (C=O) groups excluding carboxylic acids is 1. The highest BCUT2D eigenvalue weighted by molar-refractivity contribution is 5.85. The molecule has 0 aromatic carbocycles. The van der Waals surface area contributed by atoms with E-state index in [9.17, 15) is 9.59 Å². The maximum Gasteiger partial charge on any atom is 0.322 e. The van der Waals surface area contributed by atoms with Crippen LogP contribution in [0, 0.1) is 5.92 Å². The molecule has 0 fully saturated rings. The third kappa shape index (κ3) is 11.6. The first-order chi connectivity index (χ1) is 7.95. The van der Waals surface area contributed by atoms with Gasteiger partial charge in [0.2, 0.25) is 5.91 Å². The van der Waals surface area contributed by atoms with Crippen LogP contribution in [0.5, 0.6) is 0 Å². The van der Waals surface area contributed by atoms with Crippen molar-refractivity contribution in [2.75, 3.05) is 39.9 Å². The molecule has 18 heavy (non-hydrogen) atoms. The Morgan fingerprint density at radius 1 is 1.39 bits per heavy atom. The Hall–Kier alpha value is -0.850.